The zero-order valence-electron chi connectivity index (χ0n) is 15.4. The van der Waals surface area contributed by atoms with Gasteiger partial charge in [0.1, 0.15) is 5.82 Å². The minimum Gasteiger partial charge on any atom is -0.357 e. The highest BCUT2D eigenvalue weighted by Crippen LogP contribution is 2.20. The summed E-state index contributed by atoms with van der Waals surface area (Å²) in [5.41, 5.74) is 2.48. The van der Waals surface area contributed by atoms with Gasteiger partial charge in [-0.05, 0) is 62.1 Å². The van der Waals surface area contributed by atoms with E-state index in [-0.39, 0.29) is 4.90 Å². The zero-order chi connectivity index (χ0) is 18.4. The maximum Gasteiger partial charge on any atom is 0.261 e. The molecule has 0 atom stereocenters. The minimum atomic E-state index is -3.61. The number of benzene rings is 1. The molecule has 0 fully saturated rings. The predicted octanol–water partition coefficient (Wildman–Crippen LogP) is 4.13. The molecule has 0 unspecified atom stereocenters. The summed E-state index contributed by atoms with van der Waals surface area (Å²) >= 11 is 0. The van der Waals surface area contributed by atoms with Gasteiger partial charge in [-0.2, -0.15) is 0 Å². The molecule has 0 aliphatic rings. The third kappa shape index (κ3) is 4.95. The number of hydrogen-bond acceptors (Lipinski definition) is 4. The van der Waals surface area contributed by atoms with Crippen molar-refractivity contribution >= 4 is 21.5 Å². The van der Waals surface area contributed by atoms with Crippen LogP contribution < -0.4 is 9.62 Å². The summed E-state index contributed by atoms with van der Waals surface area (Å²) in [6.07, 6.45) is 3.66. The third-order valence-corrected chi connectivity index (χ3v) is 5.48. The molecule has 0 saturated heterocycles. The average molecular weight is 362 g/mol. The average Bonchev–Trinajstić information content (AvgIpc) is 2.57. The number of pyridine rings is 1. The quantitative estimate of drug-likeness (QED) is 0.768. The summed E-state index contributed by atoms with van der Waals surface area (Å²) in [4.78, 5) is 6.90. The molecule has 2 rings (SSSR count). The number of anilines is 2. The molecule has 136 valence electrons. The first kappa shape index (κ1) is 19.2. The lowest BCUT2D eigenvalue weighted by Gasteiger charge is -2.22. The lowest BCUT2D eigenvalue weighted by atomic mass is 10.1. The third-order valence-electron chi connectivity index (χ3n) is 4.10. The topological polar surface area (TPSA) is 62.3 Å². The minimum absolute atomic E-state index is 0.262. The van der Waals surface area contributed by atoms with Crippen LogP contribution in [0.25, 0.3) is 0 Å². The normalized spacial score (nSPS) is 11.4. The van der Waals surface area contributed by atoms with Crippen LogP contribution >= 0.6 is 0 Å². The summed E-state index contributed by atoms with van der Waals surface area (Å²) < 4.78 is 27.7. The highest BCUT2D eigenvalue weighted by molar-refractivity contribution is 7.92. The van der Waals surface area contributed by atoms with Gasteiger partial charge in [0.2, 0.25) is 0 Å². The van der Waals surface area contributed by atoms with Crippen LogP contribution in [0, 0.1) is 13.8 Å². The van der Waals surface area contributed by atoms with Gasteiger partial charge in [-0.25, -0.2) is 13.4 Å². The van der Waals surface area contributed by atoms with Crippen molar-refractivity contribution in [3.8, 4) is 0 Å². The van der Waals surface area contributed by atoms with Crippen molar-refractivity contribution in [2.45, 2.75) is 45.4 Å². The lowest BCUT2D eigenvalue weighted by molar-refractivity contribution is 0.601. The molecule has 2 aromatic rings. The molecule has 25 heavy (non-hydrogen) atoms. The molecule has 0 aliphatic heterocycles. The SMILES string of the molecule is CCCN(CCC)c1ccc(NS(=O)(=O)c2ccc(C)c(C)c2)cn1. The second-order valence-electron chi connectivity index (χ2n) is 6.24. The number of sulfonamides is 1. The fraction of sp³-hybridized carbons (Fsp3) is 0.421. The fourth-order valence-corrected chi connectivity index (χ4v) is 3.74. The largest absolute Gasteiger partial charge is 0.357 e. The first-order valence-electron chi connectivity index (χ1n) is 8.68. The summed E-state index contributed by atoms with van der Waals surface area (Å²) in [6, 6.07) is 8.75. The molecule has 0 bridgehead atoms. The molecular formula is C19H27N3O2S. The molecule has 1 N–H and O–H groups in total. The van der Waals surface area contributed by atoms with Crippen LogP contribution in [0.2, 0.25) is 0 Å². The first-order valence-corrected chi connectivity index (χ1v) is 10.2. The van der Waals surface area contributed by atoms with Crippen molar-refractivity contribution < 1.29 is 8.42 Å². The Morgan fingerprint density at radius 1 is 1.00 bits per heavy atom. The van der Waals surface area contributed by atoms with E-state index in [1.165, 1.54) is 0 Å². The van der Waals surface area contributed by atoms with E-state index in [1.54, 1.807) is 24.4 Å². The van der Waals surface area contributed by atoms with Crippen molar-refractivity contribution in [1.82, 2.24) is 4.98 Å². The Hall–Kier alpha value is -2.08. The van der Waals surface area contributed by atoms with E-state index < -0.39 is 10.0 Å². The molecule has 0 amide bonds. The van der Waals surface area contributed by atoms with Crippen LogP contribution in [0.5, 0.6) is 0 Å². The van der Waals surface area contributed by atoms with E-state index in [2.05, 4.69) is 28.5 Å². The van der Waals surface area contributed by atoms with Gasteiger partial charge in [-0.1, -0.05) is 19.9 Å². The van der Waals surface area contributed by atoms with Gasteiger partial charge >= 0.3 is 0 Å². The van der Waals surface area contributed by atoms with Gasteiger partial charge in [-0.3, -0.25) is 4.72 Å². The molecule has 1 aromatic carbocycles. The Labute approximate surface area is 151 Å². The van der Waals surface area contributed by atoms with Gasteiger partial charge in [0.15, 0.2) is 0 Å². The summed E-state index contributed by atoms with van der Waals surface area (Å²) in [5, 5.41) is 0. The van der Waals surface area contributed by atoms with Crippen LogP contribution in [0.1, 0.15) is 37.8 Å². The summed E-state index contributed by atoms with van der Waals surface area (Å²) in [7, 11) is -3.61. The van der Waals surface area contributed by atoms with Crippen LogP contribution in [0.4, 0.5) is 11.5 Å². The van der Waals surface area contributed by atoms with Crippen LogP contribution in [-0.4, -0.2) is 26.5 Å². The molecular weight excluding hydrogens is 334 g/mol. The van der Waals surface area contributed by atoms with E-state index in [4.69, 9.17) is 0 Å². The zero-order valence-corrected chi connectivity index (χ0v) is 16.2. The monoisotopic (exact) mass is 361 g/mol. The number of nitrogens with one attached hydrogen (secondary N) is 1. The molecule has 5 nitrogen and oxygen atoms in total. The highest BCUT2D eigenvalue weighted by Gasteiger charge is 2.15. The van der Waals surface area contributed by atoms with E-state index in [9.17, 15) is 8.42 Å². The number of nitrogens with zero attached hydrogens (tertiary/aromatic N) is 2. The second-order valence-corrected chi connectivity index (χ2v) is 7.93. The molecule has 0 saturated carbocycles. The molecule has 1 heterocycles. The van der Waals surface area contributed by atoms with E-state index in [1.807, 2.05) is 26.0 Å². The summed E-state index contributed by atoms with van der Waals surface area (Å²) in [5.74, 6) is 0.873. The van der Waals surface area contributed by atoms with Crippen molar-refractivity contribution in [3.05, 3.63) is 47.7 Å². The second kappa shape index (κ2) is 8.34. The molecule has 6 heteroatoms. The standard InChI is InChI=1S/C19H27N3O2S/c1-5-11-22(12-6-2)19-10-8-17(14-20-19)21-25(23,24)18-9-7-15(3)16(4)13-18/h7-10,13-14,21H,5-6,11-12H2,1-4H3. The summed E-state index contributed by atoms with van der Waals surface area (Å²) in [6.45, 7) is 10.0. The Balaban J connectivity index is 2.18. The van der Waals surface area contributed by atoms with Gasteiger partial charge in [0, 0.05) is 13.1 Å². The Morgan fingerprint density at radius 3 is 2.20 bits per heavy atom. The molecule has 0 spiro atoms. The number of aryl methyl sites for hydroxylation is 2. The fourth-order valence-electron chi connectivity index (χ4n) is 2.61. The highest BCUT2D eigenvalue weighted by atomic mass is 32.2. The van der Waals surface area contributed by atoms with Crippen LogP contribution in [-0.2, 0) is 10.0 Å². The van der Waals surface area contributed by atoms with Crippen molar-refractivity contribution in [2.75, 3.05) is 22.7 Å². The Kier molecular flexibility index (Phi) is 6.42. The van der Waals surface area contributed by atoms with Crippen molar-refractivity contribution in [3.63, 3.8) is 0 Å². The maximum atomic E-state index is 12.5. The number of rotatable bonds is 8. The van der Waals surface area contributed by atoms with Gasteiger partial charge in [0.05, 0.1) is 16.8 Å². The van der Waals surface area contributed by atoms with Crippen LogP contribution in [0.3, 0.4) is 0 Å². The smallest absolute Gasteiger partial charge is 0.261 e. The Bertz CT molecular complexity index is 796. The molecule has 1 aromatic heterocycles. The van der Waals surface area contributed by atoms with Crippen molar-refractivity contribution in [1.29, 1.82) is 0 Å². The van der Waals surface area contributed by atoms with E-state index >= 15 is 0 Å². The molecule has 0 radical (unpaired) electrons. The predicted molar refractivity (Wildman–Crippen MR) is 104 cm³/mol. The van der Waals surface area contributed by atoms with Gasteiger partial charge in [0.25, 0.3) is 10.0 Å². The van der Waals surface area contributed by atoms with E-state index in [0.29, 0.717) is 5.69 Å². The molecule has 0 aliphatic carbocycles. The van der Waals surface area contributed by atoms with E-state index in [0.717, 1.165) is 42.9 Å². The number of hydrogen-bond donors (Lipinski definition) is 1. The van der Waals surface area contributed by atoms with Crippen molar-refractivity contribution in [2.24, 2.45) is 0 Å². The maximum absolute atomic E-state index is 12.5. The first-order chi connectivity index (χ1) is 11.9. The lowest BCUT2D eigenvalue weighted by Crippen LogP contribution is -2.25. The van der Waals surface area contributed by atoms with Gasteiger partial charge in [-0.15, -0.1) is 0 Å². The Morgan fingerprint density at radius 2 is 1.68 bits per heavy atom. The number of aromatic nitrogens is 1. The van der Waals surface area contributed by atoms with Crippen LogP contribution in [0.15, 0.2) is 41.4 Å². The van der Waals surface area contributed by atoms with Gasteiger partial charge < -0.3 is 4.90 Å².